The van der Waals surface area contributed by atoms with Gasteiger partial charge >= 0.3 is 6.09 Å². The summed E-state index contributed by atoms with van der Waals surface area (Å²) in [7, 11) is 0. The van der Waals surface area contributed by atoms with Crippen molar-refractivity contribution < 1.29 is 14.3 Å². The van der Waals surface area contributed by atoms with E-state index in [2.05, 4.69) is 36.2 Å². The van der Waals surface area contributed by atoms with Crippen LogP contribution in [0, 0.1) is 0 Å². The standard InChI is InChI=1S/C21H23NO3/c1-15(2)13-24-12-11-22-21(23)25-14-20-18-9-5-3-7-16(18)17-8-4-6-10-19(17)20/h3-10,20H,1,11-14H2,2H3,(H,22,23). The van der Waals surface area contributed by atoms with E-state index in [-0.39, 0.29) is 5.92 Å². The number of benzene rings is 2. The minimum atomic E-state index is -0.416. The third kappa shape index (κ3) is 4.09. The van der Waals surface area contributed by atoms with E-state index in [1.165, 1.54) is 22.3 Å². The lowest BCUT2D eigenvalue weighted by atomic mass is 9.98. The van der Waals surface area contributed by atoms with Gasteiger partial charge in [0.05, 0.1) is 13.2 Å². The maximum Gasteiger partial charge on any atom is 0.407 e. The molecule has 0 unspecified atom stereocenters. The van der Waals surface area contributed by atoms with Crippen molar-refractivity contribution in [3.05, 3.63) is 71.8 Å². The lowest BCUT2D eigenvalue weighted by Gasteiger charge is -2.14. The lowest BCUT2D eigenvalue weighted by Crippen LogP contribution is -2.29. The van der Waals surface area contributed by atoms with Gasteiger partial charge in [0.25, 0.3) is 0 Å². The highest BCUT2D eigenvalue weighted by Gasteiger charge is 2.28. The summed E-state index contributed by atoms with van der Waals surface area (Å²) in [5, 5.41) is 2.71. The number of hydrogen-bond donors (Lipinski definition) is 1. The zero-order valence-electron chi connectivity index (χ0n) is 14.5. The van der Waals surface area contributed by atoms with Crippen LogP contribution < -0.4 is 5.32 Å². The largest absolute Gasteiger partial charge is 0.449 e. The van der Waals surface area contributed by atoms with Crippen LogP contribution in [0.4, 0.5) is 4.79 Å². The SMILES string of the molecule is C=C(C)COCCNC(=O)OCC1c2ccccc2-c2ccccc21. The van der Waals surface area contributed by atoms with Crippen molar-refractivity contribution in [1.82, 2.24) is 5.32 Å². The highest BCUT2D eigenvalue weighted by Crippen LogP contribution is 2.44. The second-order valence-electron chi connectivity index (χ2n) is 6.26. The zero-order chi connectivity index (χ0) is 17.6. The van der Waals surface area contributed by atoms with Crippen LogP contribution in [0.5, 0.6) is 0 Å². The quantitative estimate of drug-likeness (QED) is 0.611. The molecule has 0 aliphatic heterocycles. The van der Waals surface area contributed by atoms with E-state index in [0.717, 1.165) is 5.57 Å². The molecule has 3 rings (SSSR count). The molecule has 1 aliphatic rings. The van der Waals surface area contributed by atoms with Gasteiger partial charge in [0.1, 0.15) is 6.61 Å². The molecule has 0 aromatic heterocycles. The molecule has 0 spiro atoms. The molecule has 0 saturated carbocycles. The molecule has 0 atom stereocenters. The Kier molecular flexibility index (Phi) is 5.51. The maximum absolute atomic E-state index is 11.9. The first-order valence-corrected chi connectivity index (χ1v) is 8.48. The van der Waals surface area contributed by atoms with Gasteiger partial charge in [0.15, 0.2) is 0 Å². The number of amides is 1. The van der Waals surface area contributed by atoms with Crippen molar-refractivity contribution in [3.63, 3.8) is 0 Å². The number of carbonyl (C=O) groups excluding carboxylic acids is 1. The maximum atomic E-state index is 11.9. The minimum absolute atomic E-state index is 0.0813. The predicted octanol–water partition coefficient (Wildman–Crippen LogP) is 4.12. The Labute approximate surface area is 148 Å². The molecule has 130 valence electrons. The van der Waals surface area contributed by atoms with Gasteiger partial charge in [-0.25, -0.2) is 4.79 Å². The summed E-state index contributed by atoms with van der Waals surface area (Å²) in [5.74, 6) is 0.0813. The Hall–Kier alpha value is -2.59. The van der Waals surface area contributed by atoms with Gasteiger partial charge in [-0.15, -0.1) is 0 Å². The summed E-state index contributed by atoms with van der Waals surface area (Å²) in [6.45, 7) is 7.36. The Bertz CT molecular complexity index is 724. The van der Waals surface area contributed by atoms with Gasteiger partial charge in [-0.2, -0.15) is 0 Å². The van der Waals surface area contributed by atoms with Crippen LogP contribution >= 0.6 is 0 Å². The normalized spacial score (nSPS) is 12.4. The van der Waals surface area contributed by atoms with Crippen LogP contribution in [-0.4, -0.2) is 32.5 Å². The van der Waals surface area contributed by atoms with Gasteiger partial charge < -0.3 is 14.8 Å². The van der Waals surface area contributed by atoms with Crippen LogP contribution in [0.2, 0.25) is 0 Å². The fraction of sp³-hybridized carbons (Fsp3) is 0.286. The van der Waals surface area contributed by atoms with E-state index in [1.54, 1.807) is 0 Å². The number of ether oxygens (including phenoxy) is 2. The van der Waals surface area contributed by atoms with E-state index < -0.39 is 6.09 Å². The Morgan fingerprint density at radius 2 is 1.68 bits per heavy atom. The number of carbonyl (C=O) groups is 1. The molecule has 0 fully saturated rings. The average molecular weight is 337 g/mol. The van der Waals surface area contributed by atoms with E-state index >= 15 is 0 Å². The first-order valence-electron chi connectivity index (χ1n) is 8.48. The number of rotatable bonds is 7. The summed E-state index contributed by atoms with van der Waals surface area (Å²) < 4.78 is 10.8. The average Bonchev–Trinajstić information content (AvgIpc) is 2.93. The molecule has 25 heavy (non-hydrogen) atoms. The van der Waals surface area contributed by atoms with Crippen molar-refractivity contribution in [2.24, 2.45) is 0 Å². The molecule has 4 heteroatoms. The molecule has 0 heterocycles. The van der Waals surface area contributed by atoms with Crippen molar-refractivity contribution in [2.45, 2.75) is 12.8 Å². The Morgan fingerprint density at radius 3 is 2.28 bits per heavy atom. The van der Waals surface area contributed by atoms with E-state index in [0.29, 0.717) is 26.4 Å². The van der Waals surface area contributed by atoms with E-state index in [1.807, 2.05) is 31.2 Å². The molecular weight excluding hydrogens is 314 g/mol. The van der Waals surface area contributed by atoms with Crippen molar-refractivity contribution in [2.75, 3.05) is 26.4 Å². The number of nitrogens with one attached hydrogen (secondary N) is 1. The van der Waals surface area contributed by atoms with E-state index in [9.17, 15) is 4.79 Å². The second kappa shape index (κ2) is 7.99. The summed E-state index contributed by atoms with van der Waals surface area (Å²) in [4.78, 5) is 11.9. The number of fused-ring (bicyclic) bond motifs is 3. The fourth-order valence-electron chi connectivity index (χ4n) is 3.12. The molecule has 0 radical (unpaired) electrons. The summed E-state index contributed by atoms with van der Waals surface area (Å²) in [6.07, 6.45) is -0.416. The zero-order valence-corrected chi connectivity index (χ0v) is 14.5. The molecule has 2 aromatic carbocycles. The molecular formula is C21H23NO3. The van der Waals surface area contributed by atoms with Crippen molar-refractivity contribution >= 4 is 6.09 Å². The van der Waals surface area contributed by atoms with Crippen molar-refractivity contribution in [1.29, 1.82) is 0 Å². The van der Waals surface area contributed by atoms with Crippen LogP contribution in [0.15, 0.2) is 60.7 Å². The van der Waals surface area contributed by atoms with Gasteiger partial charge in [-0.3, -0.25) is 0 Å². The molecule has 4 nitrogen and oxygen atoms in total. The smallest absolute Gasteiger partial charge is 0.407 e. The van der Waals surface area contributed by atoms with Crippen LogP contribution in [0.25, 0.3) is 11.1 Å². The third-order valence-electron chi connectivity index (χ3n) is 4.21. The Morgan fingerprint density at radius 1 is 1.08 bits per heavy atom. The van der Waals surface area contributed by atoms with Crippen LogP contribution in [0.1, 0.15) is 24.0 Å². The van der Waals surface area contributed by atoms with E-state index in [4.69, 9.17) is 9.47 Å². The van der Waals surface area contributed by atoms with Crippen LogP contribution in [-0.2, 0) is 9.47 Å². The van der Waals surface area contributed by atoms with Crippen LogP contribution in [0.3, 0.4) is 0 Å². The van der Waals surface area contributed by atoms with Crippen molar-refractivity contribution in [3.8, 4) is 11.1 Å². The molecule has 1 N–H and O–H groups in total. The highest BCUT2D eigenvalue weighted by molar-refractivity contribution is 5.79. The molecule has 1 amide bonds. The van der Waals surface area contributed by atoms with Gasteiger partial charge in [-0.1, -0.05) is 60.7 Å². The van der Waals surface area contributed by atoms with Gasteiger partial charge in [0.2, 0.25) is 0 Å². The fourth-order valence-corrected chi connectivity index (χ4v) is 3.12. The number of hydrogen-bond acceptors (Lipinski definition) is 3. The predicted molar refractivity (Wildman–Crippen MR) is 98.7 cm³/mol. The van der Waals surface area contributed by atoms with Gasteiger partial charge in [0, 0.05) is 12.5 Å². The molecule has 1 aliphatic carbocycles. The lowest BCUT2D eigenvalue weighted by molar-refractivity contribution is 0.129. The first-order chi connectivity index (χ1) is 12.2. The monoisotopic (exact) mass is 337 g/mol. The highest BCUT2D eigenvalue weighted by atomic mass is 16.5. The minimum Gasteiger partial charge on any atom is -0.449 e. The first kappa shape index (κ1) is 17.2. The second-order valence-corrected chi connectivity index (χ2v) is 6.26. The molecule has 2 aromatic rings. The van der Waals surface area contributed by atoms with Gasteiger partial charge in [-0.05, 0) is 29.2 Å². The Balaban J connectivity index is 1.55. The number of alkyl carbamates (subject to hydrolysis) is 1. The third-order valence-corrected chi connectivity index (χ3v) is 4.21. The topological polar surface area (TPSA) is 47.6 Å². The summed E-state index contributed by atoms with van der Waals surface area (Å²) >= 11 is 0. The molecule has 0 saturated heterocycles. The summed E-state index contributed by atoms with van der Waals surface area (Å²) in [6, 6.07) is 16.6. The molecule has 0 bridgehead atoms. The summed E-state index contributed by atoms with van der Waals surface area (Å²) in [5.41, 5.74) is 5.82.